The molecule has 1 amide bonds. The van der Waals surface area contributed by atoms with E-state index in [0.717, 1.165) is 43.4 Å². The third-order valence-electron chi connectivity index (χ3n) is 5.71. The number of carbonyl (C=O) groups excluding carboxylic acids is 2. The number of amides is 1. The highest BCUT2D eigenvalue weighted by atomic mass is 16.5. The Bertz CT molecular complexity index is 911. The van der Waals surface area contributed by atoms with Crippen molar-refractivity contribution in [2.45, 2.75) is 64.1 Å². The van der Waals surface area contributed by atoms with Gasteiger partial charge >= 0.3 is 5.97 Å². The zero-order valence-electron chi connectivity index (χ0n) is 17.0. The van der Waals surface area contributed by atoms with Crippen LogP contribution in [0.2, 0.25) is 0 Å². The van der Waals surface area contributed by atoms with Crippen LogP contribution in [0.15, 0.2) is 12.3 Å². The van der Waals surface area contributed by atoms with E-state index >= 15 is 0 Å². The van der Waals surface area contributed by atoms with Gasteiger partial charge in [0, 0.05) is 25.0 Å². The Labute approximate surface area is 169 Å². The van der Waals surface area contributed by atoms with Crippen molar-refractivity contribution >= 4 is 34.3 Å². The molecule has 2 aromatic heterocycles. The van der Waals surface area contributed by atoms with E-state index in [2.05, 4.69) is 15.6 Å². The SMILES string of the molecule is COC(=O)c1c(NC(C)=O)c2cc(NC3CCCC3)cnc2n1C[C@H]1CCCO1. The fourth-order valence-electron chi connectivity index (χ4n) is 4.39. The number of aromatic nitrogens is 2. The van der Waals surface area contributed by atoms with Crippen molar-refractivity contribution in [2.75, 3.05) is 24.4 Å². The molecule has 0 unspecified atom stereocenters. The van der Waals surface area contributed by atoms with Crippen molar-refractivity contribution in [3.8, 4) is 0 Å². The van der Waals surface area contributed by atoms with Gasteiger partial charge in [0.2, 0.25) is 5.91 Å². The average Bonchev–Trinajstić information content (AvgIpc) is 3.44. The molecule has 1 saturated carbocycles. The second-order valence-electron chi connectivity index (χ2n) is 7.86. The van der Waals surface area contributed by atoms with Crippen LogP contribution < -0.4 is 10.6 Å². The maximum atomic E-state index is 12.7. The highest BCUT2D eigenvalue weighted by molar-refractivity contribution is 6.10. The normalized spacial score (nSPS) is 19.6. The Balaban J connectivity index is 1.81. The van der Waals surface area contributed by atoms with E-state index in [1.54, 1.807) is 6.20 Å². The third kappa shape index (κ3) is 4.07. The van der Waals surface area contributed by atoms with Crippen LogP contribution in [-0.2, 0) is 20.8 Å². The standard InChI is InChI=1S/C21H28N4O4/c1-13(26)23-18-17-10-15(24-14-6-3-4-7-14)11-22-20(17)25(19(18)21(27)28-2)12-16-8-5-9-29-16/h10-11,14,16,24H,3-9,12H2,1-2H3,(H,23,26)/t16-/m1/s1. The van der Waals surface area contributed by atoms with Crippen molar-refractivity contribution in [2.24, 2.45) is 0 Å². The summed E-state index contributed by atoms with van der Waals surface area (Å²) >= 11 is 0. The van der Waals surface area contributed by atoms with Crippen molar-refractivity contribution in [3.63, 3.8) is 0 Å². The summed E-state index contributed by atoms with van der Waals surface area (Å²) in [6.07, 6.45) is 8.48. The number of methoxy groups -OCH3 is 1. The lowest BCUT2D eigenvalue weighted by Crippen LogP contribution is -2.21. The Morgan fingerprint density at radius 2 is 2.07 bits per heavy atom. The molecule has 3 heterocycles. The molecule has 8 nitrogen and oxygen atoms in total. The Morgan fingerprint density at radius 1 is 1.28 bits per heavy atom. The number of rotatable bonds is 6. The summed E-state index contributed by atoms with van der Waals surface area (Å²) in [6.45, 7) is 2.64. The molecule has 29 heavy (non-hydrogen) atoms. The fourth-order valence-corrected chi connectivity index (χ4v) is 4.39. The Morgan fingerprint density at radius 3 is 2.72 bits per heavy atom. The van der Waals surface area contributed by atoms with Gasteiger partial charge in [-0.2, -0.15) is 0 Å². The molecule has 0 radical (unpaired) electrons. The summed E-state index contributed by atoms with van der Waals surface area (Å²) in [5, 5.41) is 7.09. The minimum atomic E-state index is -0.505. The first-order chi connectivity index (χ1) is 14.1. The summed E-state index contributed by atoms with van der Waals surface area (Å²) in [5.41, 5.74) is 2.28. The predicted molar refractivity (Wildman–Crippen MR) is 110 cm³/mol. The summed E-state index contributed by atoms with van der Waals surface area (Å²) < 4.78 is 12.6. The maximum Gasteiger partial charge on any atom is 0.356 e. The molecule has 1 aliphatic carbocycles. The minimum absolute atomic E-state index is 0.0114. The van der Waals surface area contributed by atoms with E-state index in [0.29, 0.717) is 29.6 Å². The Hall–Kier alpha value is -2.61. The fraction of sp³-hybridized carbons (Fsp3) is 0.571. The number of pyridine rings is 1. The second-order valence-corrected chi connectivity index (χ2v) is 7.86. The van der Waals surface area contributed by atoms with Crippen LogP contribution in [0.3, 0.4) is 0 Å². The molecule has 1 saturated heterocycles. The highest BCUT2D eigenvalue weighted by Crippen LogP contribution is 2.34. The lowest BCUT2D eigenvalue weighted by Gasteiger charge is -2.15. The Kier molecular flexibility index (Phi) is 5.71. The van der Waals surface area contributed by atoms with E-state index in [1.165, 1.54) is 26.9 Å². The van der Waals surface area contributed by atoms with E-state index in [-0.39, 0.29) is 12.0 Å². The summed E-state index contributed by atoms with van der Waals surface area (Å²) in [6, 6.07) is 2.40. The largest absolute Gasteiger partial charge is 0.464 e. The third-order valence-corrected chi connectivity index (χ3v) is 5.71. The molecular formula is C21H28N4O4. The van der Waals surface area contributed by atoms with Crippen LogP contribution in [0.25, 0.3) is 11.0 Å². The molecule has 2 aliphatic rings. The van der Waals surface area contributed by atoms with Crippen molar-refractivity contribution < 1.29 is 19.1 Å². The maximum absolute atomic E-state index is 12.7. The van der Waals surface area contributed by atoms with Gasteiger partial charge in [-0.25, -0.2) is 9.78 Å². The lowest BCUT2D eigenvalue weighted by molar-refractivity contribution is -0.114. The van der Waals surface area contributed by atoms with Crippen LogP contribution in [0.5, 0.6) is 0 Å². The first kappa shape index (κ1) is 19.7. The first-order valence-corrected chi connectivity index (χ1v) is 10.3. The molecular weight excluding hydrogens is 372 g/mol. The zero-order valence-corrected chi connectivity index (χ0v) is 17.0. The summed E-state index contributed by atoms with van der Waals surface area (Å²) in [4.78, 5) is 29.2. The van der Waals surface area contributed by atoms with Gasteiger partial charge in [0.15, 0.2) is 5.69 Å². The topological polar surface area (TPSA) is 94.5 Å². The molecule has 0 aromatic carbocycles. The number of hydrogen-bond donors (Lipinski definition) is 2. The monoisotopic (exact) mass is 400 g/mol. The van der Waals surface area contributed by atoms with Crippen LogP contribution in [0.4, 0.5) is 11.4 Å². The minimum Gasteiger partial charge on any atom is -0.464 e. The van der Waals surface area contributed by atoms with Gasteiger partial charge < -0.3 is 24.7 Å². The van der Waals surface area contributed by atoms with E-state index in [1.807, 2.05) is 10.6 Å². The van der Waals surface area contributed by atoms with Crippen molar-refractivity contribution in [1.29, 1.82) is 0 Å². The molecule has 1 aliphatic heterocycles. The van der Waals surface area contributed by atoms with E-state index in [4.69, 9.17) is 9.47 Å². The van der Waals surface area contributed by atoms with Gasteiger partial charge in [-0.3, -0.25) is 4.79 Å². The first-order valence-electron chi connectivity index (χ1n) is 10.3. The van der Waals surface area contributed by atoms with Gasteiger partial charge in [0.05, 0.1) is 37.3 Å². The highest BCUT2D eigenvalue weighted by Gasteiger charge is 2.28. The average molecular weight is 400 g/mol. The molecule has 2 fully saturated rings. The van der Waals surface area contributed by atoms with Crippen LogP contribution in [-0.4, -0.2) is 47.3 Å². The summed E-state index contributed by atoms with van der Waals surface area (Å²) in [7, 11) is 1.34. The molecule has 156 valence electrons. The molecule has 2 aromatic rings. The summed E-state index contributed by atoms with van der Waals surface area (Å²) in [5.74, 6) is -0.754. The number of hydrogen-bond acceptors (Lipinski definition) is 6. The quantitative estimate of drug-likeness (QED) is 0.723. The molecule has 2 N–H and O–H groups in total. The van der Waals surface area contributed by atoms with Crippen molar-refractivity contribution in [3.05, 3.63) is 18.0 Å². The zero-order chi connectivity index (χ0) is 20.4. The second kappa shape index (κ2) is 8.41. The molecule has 8 heteroatoms. The number of nitrogens with one attached hydrogen (secondary N) is 2. The van der Waals surface area contributed by atoms with Crippen LogP contribution in [0.1, 0.15) is 55.9 Å². The van der Waals surface area contributed by atoms with Gasteiger partial charge in [-0.05, 0) is 31.7 Å². The lowest BCUT2D eigenvalue weighted by atomic mass is 10.2. The number of fused-ring (bicyclic) bond motifs is 1. The predicted octanol–water partition coefficient (Wildman–Crippen LogP) is 3.31. The molecule has 4 rings (SSSR count). The van der Waals surface area contributed by atoms with Gasteiger partial charge in [-0.1, -0.05) is 12.8 Å². The number of anilines is 2. The number of esters is 1. The van der Waals surface area contributed by atoms with Gasteiger partial charge in [0.1, 0.15) is 5.65 Å². The van der Waals surface area contributed by atoms with Crippen LogP contribution >= 0.6 is 0 Å². The molecule has 1 atom stereocenters. The van der Waals surface area contributed by atoms with E-state index in [9.17, 15) is 9.59 Å². The van der Waals surface area contributed by atoms with Gasteiger partial charge in [0.25, 0.3) is 0 Å². The molecule has 0 spiro atoms. The number of ether oxygens (including phenoxy) is 2. The van der Waals surface area contributed by atoms with Crippen molar-refractivity contribution in [1.82, 2.24) is 9.55 Å². The number of nitrogens with zero attached hydrogens (tertiary/aromatic N) is 2. The van der Waals surface area contributed by atoms with Gasteiger partial charge in [-0.15, -0.1) is 0 Å². The smallest absolute Gasteiger partial charge is 0.356 e. The molecule has 0 bridgehead atoms. The van der Waals surface area contributed by atoms with Crippen LogP contribution in [0, 0.1) is 0 Å². The number of carbonyl (C=O) groups is 2. The van der Waals surface area contributed by atoms with E-state index < -0.39 is 5.97 Å².